The quantitative estimate of drug-likeness (QED) is 0.496. The number of rotatable bonds is 8. The molecular weight excluding hydrogens is 462 g/mol. The monoisotopic (exact) mass is 489 g/mol. The van der Waals surface area contributed by atoms with Crippen molar-refractivity contribution in [2.24, 2.45) is 5.92 Å². The maximum absolute atomic E-state index is 13.1. The van der Waals surface area contributed by atoms with Crippen LogP contribution < -0.4 is 29.7 Å². The molecule has 1 fully saturated rings. The number of nitrogens with one attached hydrogen (secondary N) is 2. The van der Waals surface area contributed by atoms with Crippen LogP contribution in [0.3, 0.4) is 0 Å². The van der Waals surface area contributed by atoms with Crippen LogP contribution in [0.25, 0.3) is 0 Å². The van der Waals surface area contributed by atoms with E-state index in [4.69, 9.17) is 14.2 Å². The van der Waals surface area contributed by atoms with Crippen molar-refractivity contribution >= 4 is 34.8 Å². The van der Waals surface area contributed by atoms with Gasteiger partial charge in [0.2, 0.25) is 11.8 Å². The van der Waals surface area contributed by atoms with Crippen LogP contribution in [0.1, 0.15) is 16.8 Å². The van der Waals surface area contributed by atoms with Crippen molar-refractivity contribution < 1.29 is 28.6 Å². The predicted octanol–water partition coefficient (Wildman–Crippen LogP) is 3.96. The van der Waals surface area contributed by atoms with Crippen molar-refractivity contribution in [2.75, 3.05) is 43.4 Å². The lowest BCUT2D eigenvalue weighted by molar-refractivity contribution is -0.122. The minimum absolute atomic E-state index is 0.0771. The number of amides is 3. The first kappa shape index (κ1) is 24.6. The molecule has 0 unspecified atom stereocenters. The van der Waals surface area contributed by atoms with Crippen LogP contribution in [0.15, 0.2) is 66.7 Å². The molecule has 0 spiro atoms. The van der Waals surface area contributed by atoms with Gasteiger partial charge in [0.1, 0.15) is 17.2 Å². The number of hydrogen-bond acceptors (Lipinski definition) is 6. The molecule has 1 aliphatic rings. The van der Waals surface area contributed by atoms with Gasteiger partial charge in [-0.15, -0.1) is 0 Å². The Hall–Kier alpha value is -4.53. The van der Waals surface area contributed by atoms with E-state index >= 15 is 0 Å². The molecule has 9 nitrogen and oxygen atoms in total. The van der Waals surface area contributed by atoms with Gasteiger partial charge in [-0.1, -0.05) is 24.3 Å². The number of anilines is 3. The molecule has 9 heteroatoms. The zero-order chi connectivity index (χ0) is 25.7. The summed E-state index contributed by atoms with van der Waals surface area (Å²) in [6, 6.07) is 19.1. The maximum atomic E-state index is 13.1. The van der Waals surface area contributed by atoms with E-state index < -0.39 is 5.92 Å². The summed E-state index contributed by atoms with van der Waals surface area (Å²) in [6.45, 7) is 0.239. The highest BCUT2D eigenvalue weighted by Crippen LogP contribution is 2.37. The van der Waals surface area contributed by atoms with Crippen LogP contribution in [0.5, 0.6) is 17.2 Å². The number of nitrogens with zero attached hydrogens (tertiary/aromatic N) is 1. The Bertz CT molecular complexity index is 1280. The van der Waals surface area contributed by atoms with Gasteiger partial charge in [-0.3, -0.25) is 14.4 Å². The number of carbonyl (C=O) groups excluding carboxylic acids is 3. The van der Waals surface area contributed by atoms with E-state index in [-0.39, 0.29) is 30.7 Å². The van der Waals surface area contributed by atoms with Crippen LogP contribution >= 0.6 is 0 Å². The molecule has 0 bridgehead atoms. The SMILES string of the molecule is COc1cccc(N2C[C@H](C(=O)Nc3cc(OC)c(NC(=O)c4ccccc4)cc3OC)CC2=O)c1. The van der Waals surface area contributed by atoms with E-state index in [9.17, 15) is 14.4 Å². The highest BCUT2D eigenvalue weighted by molar-refractivity contribution is 6.06. The third-order valence-electron chi connectivity index (χ3n) is 5.92. The van der Waals surface area contributed by atoms with Gasteiger partial charge in [0.15, 0.2) is 0 Å². The van der Waals surface area contributed by atoms with Gasteiger partial charge >= 0.3 is 0 Å². The molecule has 1 atom stereocenters. The van der Waals surface area contributed by atoms with Gasteiger partial charge in [0.25, 0.3) is 5.91 Å². The van der Waals surface area contributed by atoms with Crippen LogP contribution in [-0.4, -0.2) is 45.6 Å². The van der Waals surface area contributed by atoms with Crippen LogP contribution in [0.2, 0.25) is 0 Å². The molecule has 1 aliphatic heterocycles. The molecule has 1 heterocycles. The Morgan fingerprint density at radius 3 is 2.14 bits per heavy atom. The number of carbonyl (C=O) groups is 3. The highest BCUT2D eigenvalue weighted by Gasteiger charge is 2.35. The van der Waals surface area contributed by atoms with Crippen molar-refractivity contribution in [3.63, 3.8) is 0 Å². The summed E-state index contributed by atoms with van der Waals surface area (Å²) >= 11 is 0. The predicted molar refractivity (Wildman–Crippen MR) is 136 cm³/mol. The van der Waals surface area contributed by atoms with E-state index in [0.29, 0.717) is 39.9 Å². The number of methoxy groups -OCH3 is 3. The molecule has 3 aromatic carbocycles. The minimum atomic E-state index is -0.558. The largest absolute Gasteiger partial charge is 0.497 e. The third-order valence-corrected chi connectivity index (χ3v) is 5.92. The molecule has 1 saturated heterocycles. The Morgan fingerprint density at radius 1 is 0.833 bits per heavy atom. The summed E-state index contributed by atoms with van der Waals surface area (Å²) < 4.78 is 16.1. The number of hydrogen-bond donors (Lipinski definition) is 2. The Balaban J connectivity index is 1.50. The first-order valence-electron chi connectivity index (χ1n) is 11.3. The average molecular weight is 490 g/mol. The number of ether oxygens (including phenoxy) is 3. The summed E-state index contributed by atoms with van der Waals surface area (Å²) in [4.78, 5) is 39.9. The molecule has 0 aliphatic carbocycles. The fourth-order valence-corrected chi connectivity index (χ4v) is 4.02. The normalized spacial score (nSPS) is 14.8. The second-order valence-electron chi connectivity index (χ2n) is 8.17. The summed E-state index contributed by atoms with van der Waals surface area (Å²) in [5.41, 5.74) is 1.92. The fourth-order valence-electron chi connectivity index (χ4n) is 4.02. The molecule has 0 radical (unpaired) electrons. The van der Waals surface area contributed by atoms with E-state index in [0.717, 1.165) is 0 Å². The zero-order valence-electron chi connectivity index (χ0n) is 20.2. The molecule has 186 valence electrons. The van der Waals surface area contributed by atoms with Crippen molar-refractivity contribution in [3.8, 4) is 17.2 Å². The first-order valence-corrected chi connectivity index (χ1v) is 11.3. The molecule has 0 saturated carbocycles. The van der Waals surface area contributed by atoms with Crippen molar-refractivity contribution in [3.05, 3.63) is 72.3 Å². The summed E-state index contributed by atoms with van der Waals surface area (Å²) in [5, 5.41) is 5.65. The van der Waals surface area contributed by atoms with Gasteiger partial charge in [-0.2, -0.15) is 0 Å². The van der Waals surface area contributed by atoms with Gasteiger partial charge in [-0.05, 0) is 24.3 Å². The van der Waals surface area contributed by atoms with Gasteiger partial charge in [-0.25, -0.2) is 0 Å². The lowest BCUT2D eigenvalue weighted by Gasteiger charge is -2.19. The molecule has 3 amide bonds. The first-order chi connectivity index (χ1) is 17.4. The third kappa shape index (κ3) is 5.25. The lowest BCUT2D eigenvalue weighted by atomic mass is 10.1. The van der Waals surface area contributed by atoms with E-state index in [1.54, 1.807) is 72.7 Å². The van der Waals surface area contributed by atoms with E-state index in [2.05, 4.69) is 10.6 Å². The van der Waals surface area contributed by atoms with Crippen LogP contribution in [0.4, 0.5) is 17.1 Å². The molecular formula is C27H27N3O6. The fraction of sp³-hybridized carbons (Fsp3) is 0.222. The Kier molecular flexibility index (Phi) is 7.39. The average Bonchev–Trinajstić information content (AvgIpc) is 3.31. The smallest absolute Gasteiger partial charge is 0.255 e. The molecule has 4 rings (SSSR count). The molecule has 2 N–H and O–H groups in total. The molecule has 3 aromatic rings. The molecule has 0 aromatic heterocycles. The van der Waals surface area contributed by atoms with Crippen LogP contribution in [0, 0.1) is 5.92 Å². The topological polar surface area (TPSA) is 106 Å². The highest BCUT2D eigenvalue weighted by atomic mass is 16.5. The lowest BCUT2D eigenvalue weighted by Crippen LogP contribution is -2.28. The maximum Gasteiger partial charge on any atom is 0.255 e. The van der Waals surface area contributed by atoms with Crippen molar-refractivity contribution in [1.29, 1.82) is 0 Å². The van der Waals surface area contributed by atoms with Crippen molar-refractivity contribution in [1.82, 2.24) is 0 Å². The number of benzene rings is 3. The van der Waals surface area contributed by atoms with E-state index in [1.807, 2.05) is 6.07 Å². The zero-order valence-corrected chi connectivity index (χ0v) is 20.2. The Morgan fingerprint density at radius 2 is 1.50 bits per heavy atom. The second kappa shape index (κ2) is 10.8. The minimum Gasteiger partial charge on any atom is -0.497 e. The molecule has 36 heavy (non-hydrogen) atoms. The van der Waals surface area contributed by atoms with Crippen LogP contribution in [-0.2, 0) is 9.59 Å². The Labute approximate surface area is 209 Å². The van der Waals surface area contributed by atoms with Gasteiger partial charge in [0, 0.05) is 42.4 Å². The summed E-state index contributed by atoms with van der Waals surface area (Å²) in [6.07, 6.45) is 0.0771. The standard InChI is InChI=1S/C27H27N3O6/c1-34-20-11-7-10-19(13-20)30-16-18(12-25(30)31)27(33)29-22-15-23(35-2)21(14-24(22)36-3)28-26(32)17-8-5-4-6-9-17/h4-11,13-15,18H,12,16H2,1-3H3,(H,28,32)(H,29,33)/t18-/m1/s1. The van der Waals surface area contributed by atoms with E-state index in [1.165, 1.54) is 14.2 Å². The van der Waals surface area contributed by atoms with Gasteiger partial charge in [0.05, 0.1) is 38.6 Å². The van der Waals surface area contributed by atoms with Crippen molar-refractivity contribution in [2.45, 2.75) is 6.42 Å². The van der Waals surface area contributed by atoms with Gasteiger partial charge < -0.3 is 29.7 Å². The summed E-state index contributed by atoms with van der Waals surface area (Å²) in [5.74, 6) is -0.0318. The summed E-state index contributed by atoms with van der Waals surface area (Å²) in [7, 11) is 4.48. The second-order valence-corrected chi connectivity index (χ2v) is 8.17.